The van der Waals surface area contributed by atoms with E-state index in [0.717, 1.165) is 5.56 Å². The molecule has 1 aromatic carbocycles. The monoisotopic (exact) mass is 262 g/mol. The molecule has 0 amide bonds. The molecule has 0 unspecified atom stereocenters. The molecular weight excluding hydrogens is 252 g/mol. The van der Waals surface area contributed by atoms with Crippen molar-refractivity contribution in [3.8, 4) is 0 Å². The summed E-state index contributed by atoms with van der Waals surface area (Å²) in [5, 5.41) is 9.56. The van der Waals surface area contributed by atoms with Crippen LogP contribution in [0.5, 0.6) is 0 Å². The van der Waals surface area contributed by atoms with Gasteiger partial charge in [-0.15, -0.1) is 0 Å². The Hall–Kier alpha value is -1.94. The van der Waals surface area contributed by atoms with E-state index < -0.39 is 5.97 Å². The molecule has 18 heavy (non-hydrogen) atoms. The zero-order valence-electron chi connectivity index (χ0n) is 9.72. The number of hydrogen-bond acceptors (Lipinski definition) is 3. The van der Waals surface area contributed by atoms with Gasteiger partial charge in [-0.05, 0) is 30.7 Å². The fourth-order valence-electron chi connectivity index (χ4n) is 1.63. The van der Waals surface area contributed by atoms with Crippen LogP contribution in [-0.2, 0) is 6.42 Å². The van der Waals surface area contributed by atoms with E-state index in [9.17, 15) is 4.79 Å². The lowest BCUT2D eigenvalue weighted by Crippen LogP contribution is -2.08. The molecule has 1 heterocycles. The number of aromatic nitrogens is 2. The van der Waals surface area contributed by atoms with Gasteiger partial charge in [-0.3, -0.25) is 0 Å². The first kappa shape index (κ1) is 12.5. The van der Waals surface area contributed by atoms with Gasteiger partial charge in [0.05, 0.1) is 0 Å². The molecule has 2 rings (SSSR count). The Labute approximate surface area is 109 Å². The summed E-state index contributed by atoms with van der Waals surface area (Å²) >= 11 is 5.80. The van der Waals surface area contributed by atoms with Crippen molar-refractivity contribution in [1.82, 2.24) is 9.97 Å². The van der Waals surface area contributed by atoms with Crippen LogP contribution < -0.4 is 0 Å². The minimum atomic E-state index is -1.11. The number of carboxylic acid groups (broad SMARTS) is 1. The second-order valence-corrected chi connectivity index (χ2v) is 4.37. The standard InChI is InChI=1S/C13H11ClN2O2/c1-8-6-11(16-12(15-8)13(17)18)7-9-2-4-10(14)5-3-9/h2-6H,7H2,1H3,(H,17,18). The summed E-state index contributed by atoms with van der Waals surface area (Å²) in [5.74, 6) is -1.28. The highest BCUT2D eigenvalue weighted by molar-refractivity contribution is 6.30. The van der Waals surface area contributed by atoms with Gasteiger partial charge in [-0.25, -0.2) is 14.8 Å². The van der Waals surface area contributed by atoms with E-state index in [1.165, 1.54) is 0 Å². The second-order valence-electron chi connectivity index (χ2n) is 3.93. The highest BCUT2D eigenvalue weighted by Crippen LogP contribution is 2.13. The summed E-state index contributed by atoms with van der Waals surface area (Å²) in [6.45, 7) is 1.75. The summed E-state index contributed by atoms with van der Waals surface area (Å²) in [4.78, 5) is 18.7. The molecule has 0 aliphatic heterocycles. The van der Waals surface area contributed by atoms with Gasteiger partial charge >= 0.3 is 5.97 Å². The Bertz CT molecular complexity index is 582. The molecule has 0 aliphatic rings. The second kappa shape index (κ2) is 5.14. The topological polar surface area (TPSA) is 63.1 Å². The number of halogens is 1. The zero-order valence-corrected chi connectivity index (χ0v) is 10.5. The molecule has 0 fully saturated rings. The van der Waals surface area contributed by atoms with Crippen LogP contribution in [0.25, 0.3) is 0 Å². The third-order valence-electron chi connectivity index (χ3n) is 2.40. The van der Waals surface area contributed by atoms with Gasteiger partial charge in [0.1, 0.15) is 0 Å². The molecule has 0 radical (unpaired) electrons. The Balaban J connectivity index is 2.28. The molecule has 2 aromatic rings. The number of benzene rings is 1. The van der Waals surface area contributed by atoms with Gasteiger partial charge in [-0.2, -0.15) is 0 Å². The first-order chi connectivity index (χ1) is 8.54. The van der Waals surface area contributed by atoms with Crippen LogP contribution in [0.1, 0.15) is 27.6 Å². The molecule has 0 atom stereocenters. The molecular formula is C13H11ClN2O2. The molecule has 4 nitrogen and oxygen atoms in total. The first-order valence-corrected chi connectivity index (χ1v) is 5.74. The number of nitrogens with zero attached hydrogens (tertiary/aromatic N) is 2. The maximum atomic E-state index is 10.9. The third kappa shape index (κ3) is 3.05. The average molecular weight is 263 g/mol. The molecule has 5 heteroatoms. The van der Waals surface area contributed by atoms with Gasteiger partial charge in [0.25, 0.3) is 0 Å². The Morgan fingerprint density at radius 3 is 2.56 bits per heavy atom. The van der Waals surface area contributed by atoms with Crippen molar-refractivity contribution in [3.05, 3.63) is 58.1 Å². The molecule has 1 N–H and O–H groups in total. The Morgan fingerprint density at radius 2 is 1.94 bits per heavy atom. The van der Waals surface area contributed by atoms with Crippen LogP contribution in [0.4, 0.5) is 0 Å². The summed E-state index contributed by atoms with van der Waals surface area (Å²) in [6.07, 6.45) is 0.556. The van der Waals surface area contributed by atoms with Crippen molar-refractivity contribution >= 4 is 17.6 Å². The number of hydrogen-bond donors (Lipinski definition) is 1. The molecule has 0 saturated carbocycles. The van der Waals surface area contributed by atoms with Crippen molar-refractivity contribution < 1.29 is 9.90 Å². The minimum Gasteiger partial charge on any atom is -0.475 e. The van der Waals surface area contributed by atoms with E-state index >= 15 is 0 Å². The average Bonchev–Trinajstić information content (AvgIpc) is 2.31. The summed E-state index contributed by atoms with van der Waals surface area (Å²) in [6, 6.07) is 9.15. The summed E-state index contributed by atoms with van der Waals surface area (Å²) in [7, 11) is 0. The van der Waals surface area contributed by atoms with Crippen LogP contribution in [0.2, 0.25) is 5.02 Å². The lowest BCUT2D eigenvalue weighted by molar-refractivity contribution is 0.0682. The summed E-state index contributed by atoms with van der Waals surface area (Å²) < 4.78 is 0. The van der Waals surface area contributed by atoms with Crippen LogP contribution >= 0.6 is 11.6 Å². The van der Waals surface area contributed by atoms with Crippen LogP contribution in [0, 0.1) is 6.92 Å². The smallest absolute Gasteiger partial charge is 0.373 e. The molecule has 0 aliphatic carbocycles. The van der Waals surface area contributed by atoms with Gasteiger partial charge in [-0.1, -0.05) is 23.7 Å². The molecule has 0 bridgehead atoms. The highest BCUT2D eigenvalue weighted by atomic mass is 35.5. The van der Waals surface area contributed by atoms with E-state index in [-0.39, 0.29) is 5.82 Å². The predicted molar refractivity (Wildman–Crippen MR) is 68.0 cm³/mol. The van der Waals surface area contributed by atoms with Crippen molar-refractivity contribution in [2.45, 2.75) is 13.3 Å². The normalized spacial score (nSPS) is 10.3. The fraction of sp³-hybridized carbons (Fsp3) is 0.154. The van der Waals surface area contributed by atoms with E-state index in [1.54, 1.807) is 25.1 Å². The highest BCUT2D eigenvalue weighted by Gasteiger charge is 2.09. The van der Waals surface area contributed by atoms with Crippen molar-refractivity contribution in [2.24, 2.45) is 0 Å². The number of rotatable bonds is 3. The van der Waals surface area contributed by atoms with Crippen molar-refractivity contribution in [3.63, 3.8) is 0 Å². The quantitative estimate of drug-likeness (QED) is 0.924. The Kier molecular flexibility index (Phi) is 3.58. The van der Waals surface area contributed by atoms with Crippen molar-refractivity contribution in [1.29, 1.82) is 0 Å². The van der Waals surface area contributed by atoms with E-state index in [2.05, 4.69) is 9.97 Å². The van der Waals surface area contributed by atoms with Crippen LogP contribution in [0.3, 0.4) is 0 Å². The van der Waals surface area contributed by atoms with E-state index in [4.69, 9.17) is 16.7 Å². The number of carbonyl (C=O) groups is 1. The largest absolute Gasteiger partial charge is 0.475 e. The fourth-order valence-corrected chi connectivity index (χ4v) is 1.76. The van der Waals surface area contributed by atoms with Gasteiger partial charge < -0.3 is 5.11 Å². The number of aryl methyl sites for hydroxylation is 1. The molecule has 1 aromatic heterocycles. The Morgan fingerprint density at radius 1 is 1.28 bits per heavy atom. The molecule has 0 saturated heterocycles. The maximum Gasteiger partial charge on any atom is 0.373 e. The first-order valence-electron chi connectivity index (χ1n) is 5.37. The maximum absolute atomic E-state index is 10.9. The SMILES string of the molecule is Cc1cc(Cc2ccc(Cl)cc2)nc(C(=O)O)n1. The number of aromatic carboxylic acids is 1. The van der Waals surface area contributed by atoms with Crippen molar-refractivity contribution in [2.75, 3.05) is 0 Å². The minimum absolute atomic E-state index is 0.168. The van der Waals surface area contributed by atoms with Gasteiger partial charge in [0, 0.05) is 22.8 Å². The predicted octanol–water partition coefficient (Wildman–Crippen LogP) is 2.73. The molecule has 92 valence electrons. The lowest BCUT2D eigenvalue weighted by Gasteiger charge is -2.04. The van der Waals surface area contributed by atoms with E-state index in [1.807, 2.05) is 12.1 Å². The lowest BCUT2D eigenvalue weighted by atomic mass is 10.1. The van der Waals surface area contributed by atoms with E-state index in [0.29, 0.717) is 22.8 Å². The van der Waals surface area contributed by atoms with Gasteiger partial charge in [0.15, 0.2) is 0 Å². The van der Waals surface area contributed by atoms with Crippen LogP contribution in [0.15, 0.2) is 30.3 Å². The third-order valence-corrected chi connectivity index (χ3v) is 2.65. The number of carboxylic acids is 1. The molecule has 0 spiro atoms. The van der Waals surface area contributed by atoms with Crippen LogP contribution in [-0.4, -0.2) is 21.0 Å². The van der Waals surface area contributed by atoms with Gasteiger partial charge in [0.2, 0.25) is 5.82 Å². The summed E-state index contributed by atoms with van der Waals surface area (Å²) in [5.41, 5.74) is 2.35. The zero-order chi connectivity index (χ0) is 13.1.